The van der Waals surface area contributed by atoms with E-state index in [1.165, 1.54) is 0 Å². The second-order valence-electron chi connectivity index (χ2n) is 5.89. The summed E-state index contributed by atoms with van der Waals surface area (Å²) in [5, 5.41) is 9.18. The first-order valence-corrected chi connectivity index (χ1v) is 7.28. The van der Waals surface area contributed by atoms with E-state index >= 15 is 0 Å². The molecule has 0 saturated heterocycles. The van der Waals surface area contributed by atoms with Gasteiger partial charge in [-0.25, -0.2) is 0 Å². The number of halogens is 1. The Morgan fingerprint density at radius 1 is 1.41 bits per heavy atom. The zero-order chi connectivity index (χ0) is 12.5. The summed E-state index contributed by atoms with van der Waals surface area (Å²) < 4.78 is 2.15. The minimum absolute atomic E-state index is 0.342. The molecule has 0 fully saturated rings. The third-order valence-corrected chi connectivity index (χ3v) is 4.39. The van der Waals surface area contributed by atoms with Crippen LogP contribution in [0.25, 0.3) is 0 Å². The van der Waals surface area contributed by atoms with Crippen LogP contribution < -0.4 is 0 Å². The normalized spacial score (nSPS) is 19.1. The molecule has 1 aliphatic heterocycles. The van der Waals surface area contributed by atoms with Gasteiger partial charge in [-0.1, -0.05) is 36.7 Å². The minimum atomic E-state index is 0.342. The maximum absolute atomic E-state index is 4.16. The third kappa shape index (κ3) is 3.07. The number of rotatable bonds is 3. The molecule has 17 heavy (non-hydrogen) atoms. The van der Waals surface area contributed by atoms with Crippen molar-refractivity contribution in [3.05, 3.63) is 12.2 Å². The van der Waals surface area contributed by atoms with E-state index in [0.717, 1.165) is 37.3 Å². The monoisotopic (exact) mass is 300 g/mol. The Bertz CT molecular complexity index is 369. The van der Waals surface area contributed by atoms with Gasteiger partial charge in [0.1, 0.15) is 12.2 Å². The summed E-state index contributed by atoms with van der Waals surface area (Å²) in [6, 6.07) is 0. The molecule has 0 N–H and O–H groups in total. The molecule has 0 aliphatic carbocycles. The van der Waals surface area contributed by atoms with E-state index < -0.39 is 0 Å². The summed E-state index contributed by atoms with van der Waals surface area (Å²) in [5.41, 5.74) is 0.342. The molecule has 2 heterocycles. The smallest absolute Gasteiger partial charge is 0.147 e. The quantitative estimate of drug-likeness (QED) is 0.802. The Morgan fingerprint density at radius 3 is 2.82 bits per heavy atom. The molecule has 0 spiro atoms. The first-order chi connectivity index (χ1) is 8.00. The van der Waals surface area contributed by atoms with Crippen molar-refractivity contribution in [1.29, 1.82) is 0 Å². The molecule has 0 saturated carbocycles. The minimum Gasteiger partial charge on any atom is -0.315 e. The first kappa shape index (κ1) is 13.0. The van der Waals surface area contributed by atoms with Crippen molar-refractivity contribution < 1.29 is 0 Å². The van der Waals surface area contributed by atoms with E-state index in [9.17, 15) is 0 Å². The van der Waals surface area contributed by atoms with E-state index in [4.69, 9.17) is 0 Å². The number of alkyl halides is 1. The molecule has 1 aliphatic rings. The highest BCUT2D eigenvalue weighted by Crippen LogP contribution is 2.29. The Kier molecular flexibility index (Phi) is 3.88. The standard InChI is InChI=1S/C12H21BrN4/c1-12(2,3)10(6-13)7-16-4-5-17-9-14-15-11(17)8-16/h9-10H,4-8H2,1-3H3. The van der Waals surface area contributed by atoms with Crippen LogP contribution in [-0.4, -0.2) is 38.1 Å². The largest absolute Gasteiger partial charge is 0.315 e. The highest BCUT2D eigenvalue weighted by molar-refractivity contribution is 9.09. The van der Waals surface area contributed by atoms with Crippen molar-refractivity contribution in [2.45, 2.75) is 33.9 Å². The molecular formula is C12H21BrN4. The van der Waals surface area contributed by atoms with Crippen molar-refractivity contribution >= 4 is 15.9 Å². The second kappa shape index (κ2) is 5.06. The summed E-state index contributed by atoms with van der Waals surface area (Å²) in [4.78, 5) is 2.49. The lowest BCUT2D eigenvalue weighted by molar-refractivity contribution is 0.139. The Labute approximate surface area is 112 Å². The van der Waals surface area contributed by atoms with Crippen molar-refractivity contribution in [3.8, 4) is 0 Å². The van der Waals surface area contributed by atoms with E-state index in [0.29, 0.717) is 11.3 Å². The van der Waals surface area contributed by atoms with Gasteiger partial charge in [-0.15, -0.1) is 10.2 Å². The number of hydrogen-bond acceptors (Lipinski definition) is 3. The fraction of sp³-hybridized carbons (Fsp3) is 0.833. The van der Waals surface area contributed by atoms with E-state index in [2.05, 4.69) is 56.4 Å². The molecule has 0 aromatic carbocycles. The van der Waals surface area contributed by atoms with Gasteiger partial charge in [-0.3, -0.25) is 4.90 Å². The zero-order valence-electron chi connectivity index (χ0n) is 10.9. The number of aromatic nitrogens is 3. The molecule has 2 rings (SSSR count). The summed E-state index contributed by atoms with van der Waals surface area (Å²) in [6.45, 7) is 11.1. The molecule has 1 aromatic heterocycles. The third-order valence-electron chi connectivity index (χ3n) is 3.61. The lowest BCUT2D eigenvalue weighted by Gasteiger charge is -2.35. The van der Waals surface area contributed by atoms with Crippen molar-refractivity contribution in [2.24, 2.45) is 11.3 Å². The first-order valence-electron chi connectivity index (χ1n) is 6.15. The van der Waals surface area contributed by atoms with Gasteiger partial charge in [0.15, 0.2) is 0 Å². The number of hydrogen-bond donors (Lipinski definition) is 0. The summed E-state index contributed by atoms with van der Waals surface area (Å²) >= 11 is 3.64. The fourth-order valence-electron chi connectivity index (χ4n) is 2.14. The van der Waals surface area contributed by atoms with Crippen molar-refractivity contribution in [1.82, 2.24) is 19.7 Å². The van der Waals surface area contributed by atoms with Crippen LogP contribution in [0.4, 0.5) is 0 Å². The van der Waals surface area contributed by atoms with Gasteiger partial charge < -0.3 is 4.57 Å². The van der Waals surface area contributed by atoms with Crippen molar-refractivity contribution in [2.75, 3.05) is 18.4 Å². The highest BCUT2D eigenvalue weighted by atomic mass is 79.9. The maximum atomic E-state index is 4.16. The maximum Gasteiger partial charge on any atom is 0.147 e. The Balaban J connectivity index is 1.97. The molecule has 1 unspecified atom stereocenters. The molecule has 5 heteroatoms. The molecule has 0 amide bonds. The van der Waals surface area contributed by atoms with Crippen LogP contribution in [0.2, 0.25) is 0 Å². The molecule has 96 valence electrons. The lowest BCUT2D eigenvalue weighted by atomic mass is 9.81. The molecule has 1 aromatic rings. The number of nitrogens with zero attached hydrogens (tertiary/aromatic N) is 4. The summed E-state index contributed by atoms with van der Waals surface area (Å²) in [6.07, 6.45) is 1.83. The van der Waals surface area contributed by atoms with Gasteiger partial charge >= 0.3 is 0 Å². The Hall–Kier alpha value is -0.420. The van der Waals surface area contributed by atoms with Gasteiger partial charge in [0, 0.05) is 25.0 Å². The zero-order valence-corrected chi connectivity index (χ0v) is 12.4. The van der Waals surface area contributed by atoms with Crippen LogP contribution in [0.3, 0.4) is 0 Å². The van der Waals surface area contributed by atoms with Crippen LogP contribution in [0.1, 0.15) is 26.6 Å². The van der Waals surface area contributed by atoms with Crippen LogP contribution in [0.5, 0.6) is 0 Å². The van der Waals surface area contributed by atoms with Crippen LogP contribution in [0, 0.1) is 11.3 Å². The molecule has 0 bridgehead atoms. The summed E-state index contributed by atoms with van der Waals surface area (Å²) in [5.74, 6) is 1.76. The lowest BCUT2D eigenvalue weighted by Crippen LogP contribution is -2.40. The topological polar surface area (TPSA) is 34.0 Å². The van der Waals surface area contributed by atoms with Gasteiger partial charge in [0.05, 0.1) is 6.54 Å². The molecular weight excluding hydrogens is 280 g/mol. The van der Waals surface area contributed by atoms with Gasteiger partial charge in [-0.05, 0) is 11.3 Å². The predicted octanol–water partition coefficient (Wildman–Crippen LogP) is 2.15. The van der Waals surface area contributed by atoms with Crippen LogP contribution in [0.15, 0.2) is 6.33 Å². The van der Waals surface area contributed by atoms with Crippen molar-refractivity contribution in [3.63, 3.8) is 0 Å². The molecule has 1 atom stereocenters. The second-order valence-corrected chi connectivity index (χ2v) is 6.54. The van der Waals surface area contributed by atoms with E-state index in [-0.39, 0.29) is 0 Å². The molecule has 0 radical (unpaired) electrons. The average molecular weight is 301 g/mol. The highest BCUT2D eigenvalue weighted by Gasteiger charge is 2.27. The van der Waals surface area contributed by atoms with Gasteiger partial charge in [-0.2, -0.15) is 0 Å². The van der Waals surface area contributed by atoms with Gasteiger partial charge in [0.25, 0.3) is 0 Å². The summed E-state index contributed by atoms with van der Waals surface area (Å²) in [7, 11) is 0. The van der Waals surface area contributed by atoms with Crippen LogP contribution in [-0.2, 0) is 13.1 Å². The van der Waals surface area contributed by atoms with E-state index in [1.54, 1.807) is 0 Å². The average Bonchev–Trinajstić information content (AvgIpc) is 2.71. The van der Waals surface area contributed by atoms with E-state index in [1.807, 2.05) is 6.33 Å². The molecule has 4 nitrogen and oxygen atoms in total. The fourth-order valence-corrected chi connectivity index (χ4v) is 3.31. The SMILES string of the molecule is CC(C)(C)C(CBr)CN1CCn2cnnc2C1. The van der Waals surface area contributed by atoms with Crippen LogP contribution >= 0.6 is 15.9 Å². The predicted molar refractivity (Wildman–Crippen MR) is 72.0 cm³/mol. The number of fused-ring (bicyclic) bond motifs is 1. The van der Waals surface area contributed by atoms with Gasteiger partial charge in [0.2, 0.25) is 0 Å². The Morgan fingerprint density at radius 2 is 2.18 bits per heavy atom.